The molecule has 2 aromatic heterocycles. The Kier molecular flexibility index (Phi) is 6.14. The van der Waals surface area contributed by atoms with Crippen molar-refractivity contribution < 1.29 is 4.42 Å². The van der Waals surface area contributed by atoms with Gasteiger partial charge in [-0.2, -0.15) is 0 Å². The molecule has 0 unspecified atom stereocenters. The van der Waals surface area contributed by atoms with Crippen LogP contribution >= 0.6 is 0 Å². The number of nitrogens with zero attached hydrogens (tertiary/aromatic N) is 2. The molecule has 2 heterocycles. The van der Waals surface area contributed by atoms with Gasteiger partial charge in [-0.1, -0.05) is 121 Å². The van der Waals surface area contributed by atoms with Crippen LogP contribution in [0.2, 0.25) is 0 Å². The predicted molar refractivity (Wildman–Crippen MR) is 192 cm³/mol. The molecule has 0 N–H and O–H groups in total. The largest absolute Gasteiger partial charge is 0.452 e. The molecule has 0 saturated carbocycles. The van der Waals surface area contributed by atoms with Crippen molar-refractivity contribution in [3.8, 4) is 22.3 Å². The van der Waals surface area contributed by atoms with Crippen LogP contribution in [0.25, 0.3) is 65.9 Å². The highest BCUT2D eigenvalue weighted by Gasteiger charge is 2.20. The number of benzene rings is 7. The molecule has 9 aromatic rings. The third-order valence-electron chi connectivity index (χ3n) is 8.93. The molecule has 0 atom stereocenters. The van der Waals surface area contributed by atoms with Crippen molar-refractivity contribution in [1.29, 1.82) is 0 Å². The summed E-state index contributed by atoms with van der Waals surface area (Å²) in [6, 6.07) is 57.9. The maximum absolute atomic E-state index is 6.49. The van der Waals surface area contributed by atoms with Crippen LogP contribution in [0.4, 0.5) is 17.1 Å². The van der Waals surface area contributed by atoms with Crippen molar-refractivity contribution in [2.45, 2.75) is 0 Å². The van der Waals surface area contributed by atoms with Crippen LogP contribution in [0, 0.1) is 0 Å². The second-order valence-electron chi connectivity index (χ2n) is 11.6. The average molecular weight is 589 g/mol. The van der Waals surface area contributed by atoms with E-state index in [4.69, 9.17) is 9.40 Å². The van der Waals surface area contributed by atoms with Crippen molar-refractivity contribution in [2.75, 3.05) is 4.90 Å². The van der Waals surface area contributed by atoms with Gasteiger partial charge >= 0.3 is 0 Å². The third kappa shape index (κ3) is 4.33. The SMILES string of the molecule is c1ccc2c(-c3ccc(N(c4ccc(-c5cccc6ccccc56)cc4)c4ccnc5c4oc4ccccc45)cc3)cccc2c1. The van der Waals surface area contributed by atoms with Gasteiger partial charge in [0, 0.05) is 23.0 Å². The van der Waals surface area contributed by atoms with Gasteiger partial charge in [-0.25, -0.2) is 0 Å². The van der Waals surface area contributed by atoms with E-state index in [9.17, 15) is 0 Å². The van der Waals surface area contributed by atoms with E-state index >= 15 is 0 Å². The Balaban J connectivity index is 1.20. The lowest BCUT2D eigenvalue weighted by Crippen LogP contribution is -2.10. The molecule has 0 aliphatic heterocycles. The van der Waals surface area contributed by atoms with Gasteiger partial charge in [-0.05, 0) is 86.3 Å². The number of pyridine rings is 1. The van der Waals surface area contributed by atoms with Crippen molar-refractivity contribution >= 4 is 60.7 Å². The summed E-state index contributed by atoms with van der Waals surface area (Å²) in [6.45, 7) is 0. The summed E-state index contributed by atoms with van der Waals surface area (Å²) in [5.74, 6) is 0. The van der Waals surface area contributed by atoms with Crippen molar-refractivity contribution in [1.82, 2.24) is 4.98 Å². The van der Waals surface area contributed by atoms with Gasteiger partial charge in [0.05, 0.1) is 5.69 Å². The standard InChI is InChI=1S/C43H28N2O/c1-3-13-35-29(9-1)11-7-16-37(35)31-19-23-33(24-20-31)45(40-27-28-44-42-39-15-5-6-18-41(39)46-43(40)42)34-25-21-32(22-26-34)38-17-8-12-30-10-2-4-14-36(30)38/h1-28H. The first-order chi connectivity index (χ1) is 22.8. The first-order valence-corrected chi connectivity index (χ1v) is 15.5. The summed E-state index contributed by atoms with van der Waals surface area (Å²) < 4.78 is 6.49. The van der Waals surface area contributed by atoms with Crippen LogP contribution < -0.4 is 4.90 Å². The summed E-state index contributed by atoms with van der Waals surface area (Å²) >= 11 is 0. The lowest BCUT2D eigenvalue weighted by atomic mass is 9.97. The van der Waals surface area contributed by atoms with Crippen LogP contribution in [0.1, 0.15) is 0 Å². The molecule has 3 heteroatoms. The fraction of sp³-hybridized carbons (Fsp3) is 0. The van der Waals surface area contributed by atoms with Crippen LogP contribution in [0.5, 0.6) is 0 Å². The zero-order valence-corrected chi connectivity index (χ0v) is 25.0. The Labute approximate surface area is 266 Å². The normalized spacial score (nSPS) is 11.5. The van der Waals surface area contributed by atoms with Crippen molar-refractivity contribution in [3.63, 3.8) is 0 Å². The van der Waals surface area contributed by atoms with E-state index < -0.39 is 0 Å². The molecule has 0 amide bonds. The van der Waals surface area contributed by atoms with Gasteiger partial charge < -0.3 is 9.32 Å². The second-order valence-corrected chi connectivity index (χ2v) is 11.6. The molecular weight excluding hydrogens is 560 g/mol. The van der Waals surface area contributed by atoms with E-state index in [2.05, 4.69) is 144 Å². The molecule has 9 rings (SSSR count). The Morgan fingerprint density at radius 1 is 0.435 bits per heavy atom. The predicted octanol–water partition coefficient (Wildman–Crippen LogP) is 12.1. The van der Waals surface area contributed by atoms with E-state index in [1.165, 1.54) is 43.8 Å². The molecule has 0 aliphatic carbocycles. The summed E-state index contributed by atoms with van der Waals surface area (Å²) in [4.78, 5) is 7.01. The molecule has 0 saturated heterocycles. The van der Waals surface area contributed by atoms with E-state index in [0.29, 0.717) is 0 Å². The molecule has 216 valence electrons. The smallest absolute Gasteiger partial charge is 0.177 e. The number of hydrogen-bond acceptors (Lipinski definition) is 3. The van der Waals surface area contributed by atoms with Gasteiger partial charge in [0.25, 0.3) is 0 Å². The van der Waals surface area contributed by atoms with E-state index in [1.54, 1.807) is 0 Å². The Morgan fingerprint density at radius 2 is 0.935 bits per heavy atom. The van der Waals surface area contributed by atoms with Gasteiger partial charge in [-0.3, -0.25) is 4.98 Å². The summed E-state index contributed by atoms with van der Waals surface area (Å²) in [7, 11) is 0. The van der Waals surface area contributed by atoms with Gasteiger partial charge in [0.1, 0.15) is 11.1 Å². The third-order valence-corrected chi connectivity index (χ3v) is 8.93. The van der Waals surface area contributed by atoms with Crippen LogP contribution in [0.3, 0.4) is 0 Å². The quantitative estimate of drug-likeness (QED) is 0.200. The maximum atomic E-state index is 6.49. The van der Waals surface area contributed by atoms with Crippen LogP contribution in [-0.4, -0.2) is 4.98 Å². The molecule has 0 fully saturated rings. The minimum atomic E-state index is 0.764. The fourth-order valence-corrected chi connectivity index (χ4v) is 6.73. The molecule has 0 aliphatic rings. The molecule has 0 bridgehead atoms. The Bertz CT molecular complexity index is 2390. The van der Waals surface area contributed by atoms with Crippen LogP contribution in [0.15, 0.2) is 174 Å². The highest BCUT2D eigenvalue weighted by atomic mass is 16.3. The minimum absolute atomic E-state index is 0.764. The number of furan rings is 1. The van der Waals surface area contributed by atoms with Gasteiger partial charge in [0.15, 0.2) is 5.58 Å². The zero-order valence-electron chi connectivity index (χ0n) is 25.0. The second kappa shape index (κ2) is 10.8. The number of para-hydroxylation sites is 1. The Hall–Kier alpha value is -6.19. The maximum Gasteiger partial charge on any atom is 0.177 e. The molecule has 7 aromatic carbocycles. The van der Waals surface area contributed by atoms with Crippen molar-refractivity contribution in [3.05, 3.63) is 170 Å². The summed E-state index contributed by atoms with van der Waals surface area (Å²) in [5, 5.41) is 5.98. The fourth-order valence-electron chi connectivity index (χ4n) is 6.73. The Morgan fingerprint density at radius 3 is 1.52 bits per heavy atom. The highest BCUT2D eigenvalue weighted by molar-refractivity contribution is 6.08. The topological polar surface area (TPSA) is 29.3 Å². The first kappa shape index (κ1) is 26.2. The summed E-state index contributed by atoms with van der Waals surface area (Å²) in [6.07, 6.45) is 1.88. The number of fused-ring (bicyclic) bond motifs is 5. The summed E-state index contributed by atoms with van der Waals surface area (Å²) in [5.41, 5.74) is 10.3. The molecular formula is C43H28N2O. The molecule has 3 nitrogen and oxygen atoms in total. The number of aromatic nitrogens is 1. The van der Waals surface area contributed by atoms with Crippen molar-refractivity contribution in [2.24, 2.45) is 0 Å². The minimum Gasteiger partial charge on any atom is -0.452 e. The molecule has 0 spiro atoms. The number of anilines is 3. The van der Waals surface area contributed by atoms with Gasteiger partial charge in [0.2, 0.25) is 0 Å². The van der Waals surface area contributed by atoms with E-state index in [0.717, 1.165) is 39.1 Å². The van der Waals surface area contributed by atoms with E-state index in [1.807, 2.05) is 30.5 Å². The highest BCUT2D eigenvalue weighted by Crippen LogP contribution is 2.42. The zero-order chi connectivity index (χ0) is 30.5. The number of rotatable bonds is 5. The lowest BCUT2D eigenvalue weighted by molar-refractivity contribution is 0.668. The molecule has 46 heavy (non-hydrogen) atoms. The van der Waals surface area contributed by atoms with Crippen LogP contribution in [-0.2, 0) is 0 Å². The van der Waals surface area contributed by atoms with Gasteiger partial charge in [-0.15, -0.1) is 0 Å². The average Bonchev–Trinajstić information content (AvgIpc) is 3.52. The number of hydrogen-bond donors (Lipinski definition) is 0. The monoisotopic (exact) mass is 588 g/mol. The van der Waals surface area contributed by atoms with E-state index in [-0.39, 0.29) is 0 Å². The molecule has 0 radical (unpaired) electrons. The lowest BCUT2D eigenvalue weighted by Gasteiger charge is -2.26. The first-order valence-electron chi connectivity index (χ1n) is 15.5.